The summed E-state index contributed by atoms with van der Waals surface area (Å²) in [7, 11) is 0. The Labute approximate surface area is 127 Å². The Morgan fingerprint density at radius 2 is 1.90 bits per heavy atom. The van der Waals surface area contributed by atoms with Gasteiger partial charge in [-0.3, -0.25) is 4.79 Å². The topological polar surface area (TPSA) is 47.8 Å². The molecule has 4 nitrogen and oxygen atoms in total. The number of hydrogen-bond acceptors (Lipinski definition) is 3. The van der Waals surface area contributed by atoms with Gasteiger partial charge < -0.3 is 0 Å². The molecule has 3 aromatic rings. The highest BCUT2D eigenvalue weighted by Gasteiger charge is 2.17. The van der Waals surface area contributed by atoms with Crippen LogP contribution in [0.15, 0.2) is 48.5 Å². The summed E-state index contributed by atoms with van der Waals surface area (Å²) in [6, 6.07) is 15.1. The summed E-state index contributed by atoms with van der Waals surface area (Å²) in [6.07, 6.45) is 0.714. The number of carbonyl (C=O) groups is 1. The standard InChI is InChI=1S/C16H12ClN3O/c1-11-7-8-13(17)9-15(11)20-16(14(10-21)18-19-20)12-5-3-2-4-6-12/h2-10H,1H3. The van der Waals surface area contributed by atoms with Crippen molar-refractivity contribution in [1.29, 1.82) is 0 Å². The van der Waals surface area contributed by atoms with E-state index in [4.69, 9.17) is 11.6 Å². The lowest BCUT2D eigenvalue weighted by Gasteiger charge is -2.10. The third-order valence-electron chi connectivity index (χ3n) is 3.25. The smallest absolute Gasteiger partial charge is 0.172 e. The number of aromatic nitrogens is 3. The van der Waals surface area contributed by atoms with Crippen LogP contribution in [0.1, 0.15) is 16.1 Å². The molecular weight excluding hydrogens is 286 g/mol. The molecule has 0 fully saturated rings. The van der Waals surface area contributed by atoms with Crippen LogP contribution in [0.3, 0.4) is 0 Å². The molecule has 0 aliphatic rings. The molecule has 0 saturated heterocycles. The number of aryl methyl sites for hydroxylation is 1. The van der Waals surface area contributed by atoms with E-state index in [-0.39, 0.29) is 0 Å². The van der Waals surface area contributed by atoms with Gasteiger partial charge in [0.15, 0.2) is 12.0 Å². The summed E-state index contributed by atoms with van der Waals surface area (Å²) in [5.74, 6) is 0. The molecular formula is C16H12ClN3O. The Hall–Kier alpha value is -2.46. The zero-order valence-electron chi connectivity index (χ0n) is 11.3. The summed E-state index contributed by atoms with van der Waals surface area (Å²) in [4.78, 5) is 11.3. The number of halogens is 1. The molecule has 0 saturated carbocycles. The number of hydrogen-bond donors (Lipinski definition) is 0. The van der Waals surface area contributed by atoms with Crippen LogP contribution in [0.5, 0.6) is 0 Å². The van der Waals surface area contributed by atoms with Gasteiger partial charge in [0.2, 0.25) is 0 Å². The van der Waals surface area contributed by atoms with Gasteiger partial charge in [-0.1, -0.05) is 53.2 Å². The minimum Gasteiger partial charge on any atom is -0.296 e. The van der Waals surface area contributed by atoms with Crippen molar-refractivity contribution in [2.24, 2.45) is 0 Å². The molecule has 0 N–H and O–H groups in total. The molecule has 0 amide bonds. The number of rotatable bonds is 3. The van der Waals surface area contributed by atoms with Crippen LogP contribution in [0.4, 0.5) is 0 Å². The average Bonchev–Trinajstić information content (AvgIpc) is 2.94. The van der Waals surface area contributed by atoms with Crippen LogP contribution in [0.2, 0.25) is 5.02 Å². The minimum atomic E-state index is 0.306. The van der Waals surface area contributed by atoms with E-state index in [1.54, 1.807) is 4.68 Å². The van der Waals surface area contributed by atoms with Crippen molar-refractivity contribution in [3.63, 3.8) is 0 Å². The molecule has 1 aromatic heterocycles. The molecule has 5 heteroatoms. The third kappa shape index (κ3) is 2.45. The SMILES string of the molecule is Cc1ccc(Cl)cc1-n1nnc(C=O)c1-c1ccccc1. The molecule has 0 radical (unpaired) electrons. The molecule has 0 spiro atoms. The summed E-state index contributed by atoms with van der Waals surface area (Å²) < 4.78 is 1.65. The van der Waals surface area contributed by atoms with Crippen LogP contribution in [-0.2, 0) is 0 Å². The fraction of sp³-hybridized carbons (Fsp3) is 0.0625. The van der Waals surface area contributed by atoms with Crippen molar-refractivity contribution in [2.75, 3.05) is 0 Å². The lowest BCUT2D eigenvalue weighted by atomic mass is 10.1. The molecule has 2 aromatic carbocycles. The molecule has 104 valence electrons. The number of nitrogens with zero attached hydrogens (tertiary/aromatic N) is 3. The summed E-state index contributed by atoms with van der Waals surface area (Å²) >= 11 is 6.07. The maximum Gasteiger partial charge on any atom is 0.172 e. The first-order valence-electron chi connectivity index (χ1n) is 6.43. The van der Waals surface area contributed by atoms with E-state index in [0.29, 0.717) is 22.7 Å². The highest BCUT2D eigenvalue weighted by molar-refractivity contribution is 6.30. The predicted molar refractivity (Wildman–Crippen MR) is 81.9 cm³/mol. The Morgan fingerprint density at radius 3 is 2.62 bits per heavy atom. The maximum atomic E-state index is 11.3. The van der Waals surface area contributed by atoms with Gasteiger partial charge in [-0.2, -0.15) is 0 Å². The van der Waals surface area contributed by atoms with Crippen LogP contribution in [0.25, 0.3) is 16.9 Å². The van der Waals surface area contributed by atoms with E-state index in [0.717, 1.165) is 16.8 Å². The minimum absolute atomic E-state index is 0.306. The van der Waals surface area contributed by atoms with Gasteiger partial charge in [0.1, 0.15) is 5.69 Å². The molecule has 0 aliphatic heterocycles. The van der Waals surface area contributed by atoms with Crippen LogP contribution >= 0.6 is 11.6 Å². The Kier molecular flexibility index (Phi) is 3.54. The molecule has 0 aliphatic carbocycles. The van der Waals surface area contributed by atoms with E-state index in [2.05, 4.69) is 10.3 Å². The maximum absolute atomic E-state index is 11.3. The van der Waals surface area contributed by atoms with Crippen molar-refractivity contribution >= 4 is 17.9 Å². The van der Waals surface area contributed by atoms with Gasteiger partial charge >= 0.3 is 0 Å². The van der Waals surface area contributed by atoms with Crippen molar-refractivity contribution in [3.05, 3.63) is 64.8 Å². The first kappa shape index (κ1) is 13.5. The van der Waals surface area contributed by atoms with Crippen molar-refractivity contribution in [3.8, 4) is 16.9 Å². The summed E-state index contributed by atoms with van der Waals surface area (Å²) in [6.45, 7) is 1.96. The zero-order chi connectivity index (χ0) is 14.8. The highest BCUT2D eigenvalue weighted by atomic mass is 35.5. The molecule has 0 unspecified atom stereocenters. The number of carbonyl (C=O) groups excluding carboxylic acids is 1. The first-order chi connectivity index (χ1) is 10.2. The quantitative estimate of drug-likeness (QED) is 0.692. The monoisotopic (exact) mass is 297 g/mol. The van der Waals surface area contributed by atoms with E-state index in [1.165, 1.54) is 0 Å². The van der Waals surface area contributed by atoms with Gasteiger partial charge in [0, 0.05) is 10.6 Å². The van der Waals surface area contributed by atoms with E-state index in [1.807, 2.05) is 55.5 Å². The number of benzene rings is 2. The third-order valence-corrected chi connectivity index (χ3v) is 3.49. The van der Waals surface area contributed by atoms with Crippen molar-refractivity contribution < 1.29 is 4.79 Å². The van der Waals surface area contributed by atoms with E-state index >= 15 is 0 Å². The van der Waals surface area contributed by atoms with Crippen molar-refractivity contribution in [1.82, 2.24) is 15.0 Å². The van der Waals surface area contributed by atoms with Crippen LogP contribution in [-0.4, -0.2) is 21.3 Å². The van der Waals surface area contributed by atoms with Gasteiger partial charge in [0.05, 0.1) is 5.69 Å². The van der Waals surface area contributed by atoms with Crippen molar-refractivity contribution in [2.45, 2.75) is 6.92 Å². The van der Waals surface area contributed by atoms with E-state index < -0.39 is 0 Å². The second-order valence-corrected chi connectivity index (χ2v) is 5.09. The molecule has 3 rings (SSSR count). The molecule has 21 heavy (non-hydrogen) atoms. The van der Waals surface area contributed by atoms with Gasteiger partial charge in [0.25, 0.3) is 0 Å². The fourth-order valence-electron chi connectivity index (χ4n) is 2.22. The molecule has 0 atom stereocenters. The van der Waals surface area contributed by atoms with Gasteiger partial charge in [-0.15, -0.1) is 5.10 Å². The average molecular weight is 298 g/mol. The van der Waals surface area contributed by atoms with E-state index in [9.17, 15) is 4.79 Å². The van der Waals surface area contributed by atoms with Crippen LogP contribution < -0.4 is 0 Å². The Balaban J connectivity index is 2.27. The van der Waals surface area contributed by atoms with Gasteiger partial charge in [-0.05, 0) is 24.6 Å². The molecule has 1 heterocycles. The normalized spacial score (nSPS) is 10.6. The van der Waals surface area contributed by atoms with Crippen LogP contribution in [0, 0.1) is 6.92 Å². The zero-order valence-corrected chi connectivity index (χ0v) is 12.1. The Morgan fingerprint density at radius 1 is 1.14 bits per heavy atom. The lowest BCUT2D eigenvalue weighted by Crippen LogP contribution is -2.02. The molecule has 0 bridgehead atoms. The van der Waals surface area contributed by atoms with Gasteiger partial charge in [-0.25, -0.2) is 4.68 Å². The first-order valence-corrected chi connectivity index (χ1v) is 6.81. The lowest BCUT2D eigenvalue weighted by molar-refractivity contribution is 0.111. The second kappa shape index (κ2) is 5.50. The Bertz CT molecular complexity index is 797. The number of aldehydes is 1. The highest BCUT2D eigenvalue weighted by Crippen LogP contribution is 2.27. The predicted octanol–water partition coefficient (Wildman–Crippen LogP) is 3.71. The largest absolute Gasteiger partial charge is 0.296 e. The summed E-state index contributed by atoms with van der Waals surface area (Å²) in [5.41, 5.74) is 3.65. The fourth-order valence-corrected chi connectivity index (χ4v) is 2.38. The summed E-state index contributed by atoms with van der Waals surface area (Å²) in [5, 5.41) is 8.68. The second-order valence-electron chi connectivity index (χ2n) is 4.65.